The van der Waals surface area contributed by atoms with Crippen molar-refractivity contribution in [3.05, 3.63) is 199 Å². The number of furan rings is 2. The molecule has 0 aliphatic carbocycles. The summed E-state index contributed by atoms with van der Waals surface area (Å²) >= 11 is 0. The van der Waals surface area contributed by atoms with Gasteiger partial charge in [0.25, 0.3) is 0 Å². The highest BCUT2D eigenvalue weighted by atomic mass is 16.3. The summed E-state index contributed by atoms with van der Waals surface area (Å²) in [6, 6.07) is 63.3. The van der Waals surface area contributed by atoms with E-state index in [2.05, 4.69) is 155 Å². The van der Waals surface area contributed by atoms with Crippen LogP contribution in [-0.2, 0) is 0 Å². The van der Waals surface area contributed by atoms with Crippen LogP contribution in [0.25, 0.3) is 82.5 Å². The van der Waals surface area contributed by atoms with Gasteiger partial charge in [-0.15, -0.1) is 0 Å². The molecule has 1 atom stereocenters. The van der Waals surface area contributed by atoms with Crippen LogP contribution >= 0.6 is 0 Å². The van der Waals surface area contributed by atoms with Crippen LogP contribution in [0.1, 0.15) is 22.9 Å². The molecule has 11 aromatic rings. The van der Waals surface area contributed by atoms with Gasteiger partial charge in [0.15, 0.2) is 5.84 Å². The fraction of sp³-hybridized carbons (Fsp3) is 0.0196. The van der Waals surface area contributed by atoms with E-state index in [4.69, 9.17) is 18.8 Å². The molecule has 1 aliphatic rings. The van der Waals surface area contributed by atoms with Crippen LogP contribution in [0, 0.1) is 0 Å². The van der Waals surface area contributed by atoms with Gasteiger partial charge in [-0.3, -0.25) is 0 Å². The maximum absolute atomic E-state index is 6.88. The van der Waals surface area contributed by atoms with Crippen LogP contribution in [0.4, 0.5) is 0 Å². The maximum atomic E-state index is 6.88. The standard InChI is InChI=1S/C51H32N4O2/c1-2-13-31(14-3-1)49-52-50(32-25-27-38-37-18-7-11-24-45(37)56-46(38)29-32)54-51(53-49)33-26-28-39-41-20-12-19-40(48(41)57-47(39)30-33)36-17-6-10-23-44(36)55-42-21-8-4-15-34(42)35-16-5-9-22-43(35)55/h1-30,50H,(H,52,53,54). The van der Waals surface area contributed by atoms with Crippen molar-refractivity contribution >= 4 is 77.4 Å². The number of hydrogen-bond acceptors (Lipinski definition) is 5. The molecule has 1 N–H and O–H groups in total. The number of aromatic nitrogens is 1. The van der Waals surface area contributed by atoms with E-state index < -0.39 is 0 Å². The zero-order chi connectivity index (χ0) is 37.5. The molecule has 1 unspecified atom stereocenters. The smallest absolute Gasteiger partial charge is 0.159 e. The van der Waals surface area contributed by atoms with Crippen molar-refractivity contribution in [1.29, 1.82) is 0 Å². The van der Waals surface area contributed by atoms with Crippen LogP contribution in [0.3, 0.4) is 0 Å². The van der Waals surface area contributed by atoms with Gasteiger partial charge in [-0.25, -0.2) is 9.98 Å². The number of nitrogens with one attached hydrogen (secondary N) is 1. The minimum atomic E-state index is -0.388. The molecular weight excluding hydrogens is 701 g/mol. The zero-order valence-corrected chi connectivity index (χ0v) is 30.6. The number of benzene rings is 8. The number of amidine groups is 2. The summed E-state index contributed by atoms with van der Waals surface area (Å²) in [4.78, 5) is 10.3. The summed E-state index contributed by atoms with van der Waals surface area (Å²) in [7, 11) is 0. The highest BCUT2D eigenvalue weighted by Crippen LogP contribution is 2.41. The Bertz CT molecular complexity index is 3400. The van der Waals surface area contributed by atoms with Gasteiger partial charge in [0.05, 0.1) is 16.7 Å². The molecule has 4 heterocycles. The molecule has 268 valence electrons. The first-order valence-electron chi connectivity index (χ1n) is 19.2. The van der Waals surface area contributed by atoms with E-state index >= 15 is 0 Å². The minimum absolute atomic E-state index is 0.388. The van der Waals surface area contributed by atoms with E-state index in [9.17, 15) is 0 Å². The van der Waals surface area contributed by atoms with Crippen molar-refractivity contribution in [2.75, 3.05) is 0 Å². The third-order valence-corrected chi connectivity index (χ3v) is 11.3. The van der Waals surface area contributed by atoms with Gasteiger partial charge in [-0.2, -0.15) is 0 Å². The normalized spacial score (nSPS) is 14.5. The molecule has 3 aromatic heterocycles. The molecule has 12 rings (SSSR count). The van der Waals surface area contributed by atoms with Gasteiger partial charge in [0, 0.05) is 60.1 Å². The number of hydrogen-bond donors (Lipinski definition) is 1. The highest BCUT2D eigenvalue weighted by molar-refractivity contribution is 6.16. The lowest BCUT2D eigenvalue weighted by atomic mass is 10.00. The van der Waals surface area contributed by atoms with Gasteiger partial charge in [-0.1, -0.05) is 140 Å². The summed E-state index contributed by atoms with van der Waals surface area (Å²) in [5, 5.41) is 10.3. The maximum Gasteiger partial charge on any atom is 0.159 e. The second-order valence-corrected chi connectivity index (χ2v) is 14.6. The number of aliphatic imine (C=N–C) groups is 2. The lowest BCUT2D eigenvalue weighted by Gasteiger charge is -2.23. The Balaban J connectivity index is 0.995. The number of rotatable bonds is 5. The monoisotopic (exact) mass is 732 g/mol. The van der Waals surface area contributed by atoms with Crippen LogP contribution in [-0.4, -0.2) is 16.2 Å². The Morgan fingerprint density at radius 1 is 0.456 bits per heavy atom. The Hall–Kier alpha value is -7.70. The van der Waals surface area contributed by atoms with E-state index in [0.29, 0.717) is 5.84 Å². The highest BCUT2D eigenvalue weighted by Gasteiger charge is 2.24. The predicted molar refractivity (Wildman–Crippen MR) is 233 cm³/mol. The first kappa shape index (κ1) is 31.6. The quantitative estimate of drug-likeness (QED) is 0.192. The van der Waals surface area contributed by atoms with E-state index in [1.807, 2.05) is 36.4 Å². The van der Waals surface area contributed by atoms with Crippen LogP contribution in [0.15, 0.2) is 201 Å². The second kappa shape index (κ2) is 12.4. The fourth-order valence-electron chi connectivity index (χ4n) is 8.63. The van der Waals surface area contributed by atoms with E-state index in [-0.39, 0.29) is 6.17 Å². The lowest BCUT2D eigenvalue weighted by molar-refractivity contribution is 0.655. The average molecular weight is 733 g/mol. The van der Waals surface area contributed by atoms with E-state index in [1.54, 1.807) is 0 Å². The average Bonchev–Trinajstić information content (AvgIpc) is 3.95. The third kappa shape index (κ3) is 4.97. The largest absolute Gasteiger partial charge is 0.456 e. The number of nitrogens with zero attached hydrogens (tertiary/aromatic N) is 3. The Labute approximate surface area is 326 Å². The summed E-state index contributed by atoms with van der Waals surface area (Å²) in [6.45, 7) is 0. The summed E-state index contributed by atoms with van der Waals surface area (Å²) < 4.78 is 15.5. The van der Waals surface area contributed by atoms with Crippen molar-refractivity contribution in [2.45, 2.75) is 6.17 Å². The van der Waals surface area contributed by atoms with Gasteiger partial charge >= 0.3 is 0 Å². The molecular formula is C51H32N4O2. The van der Waals surface area contributed by atoms with Crippen LogP contribution in [0.2, 0.25) is 0 Å². The predicted octanol–water partition coefficient (Wildman–Crippen LogP) is 12.7. The first-order valence-corrected chi connectivity index (χ1v) is 19.2. The molecule has 0 saturated heterocycles. The SMILES string of the molecule is c1ccc(C2=NC(c3ccc4c(c3)oc3c(-c5ccccc5-n5c6ccccc6c6ccccc65)cccc34)=NC(c3ccc4c(c3)oc3ccccc34)N2)cc1. The van der Waals surface area contributed by atoms with Crippen molar-refractivity contribution in [3.8, 4) is 16.8 Å². The van der Waals surface area contributed by atoms with Crippen molar-refractivity contribution in [3.63, 3.8) is 0 Å². The van der Waals surface area contributed by atoms with Crippen molar-refractivity contribution < 1.29 is 8.83 Å². The second-order valence-electron chi connectivity index (χ2n) is 14.6. The third-order valence-electron chi connectivity index (χ3n) is 11.3. The molecule has 0 fully saturated rings. The van der Waals surface area contributed by atoms with Crippen LogP contribution in [0.5, 0.6) is 0 Å². The molecule has 6 nitrogen and oxygen atoms in total. The molecule has 0 spiro atoms. The van der Waals surface area contributed by atoms with Crippen molar-refractivity contribution in [1.82, 2.24) is 9.88 Å². The van der Waals surface area contributed by atoms with Gasteiger partial charge in [0.2, 0.25) is 0 Å². The Morgan fingerprint density at radius 2 is 1.09 bits per heavy atom. The Kier molecular flexibility index (Phi) is 6.89. The fourth-order valence-corrected chi connectivity index (χ4v) is 8.63. The molecule has 0 amide bonds. The Morgan fingerprint density at radius 3 is 1.93 bits per heavy atom. The molecule has 0 bridgehead atoms. The zero-order valence-electron chi connectivity index (χ0n) is 30.6. The van der Waals surface area contributed by atoms with Gasteiger partial charge in [0.1, 0.15) is 34.3 Å². The molecule has 0 saturated carbocycles. The molecule has 0 radical (unpaired) electrons. The van der Waals surface area contributed by atoms with E-state index in [1.165, 1.54) is 21.8 Å². The van der Waals surface area contributed by atoms with Gasteiger partial charge in [-0.05, 0) is 42.5 Å². The van der Waals surface area contributed by atoms with Crippen molar-refractivity contribution in [2.24, 2.45) is 9.98 Å². The summed E-state index contributed by atoms with van der Waals surface area (Å²) in [5.74, 6) is 1.38. The molecule has 1 aliphatic heterocycles. The van der Waals surface area contributed by atoms with Gasteiger partial charge < -0.3 is 18.7 Å². The summed E-state index contributed by atoms with van der Waals surface area (Å²) in [5.41, 5.74) is 11.7. The molecule has 8 aromatic carbocycles. The lowest BCUT2D eigenvalue weighted by Crippen LogP contribution is -2.33. The minimum Gasteiger partial charge on any atom is -0.456 e. The van der Waals surface area contributed by atoms with E-state index in [0.717, 1.165) is 83.2 Å². The number of para-hydroxylation sites is 5. The summed E-state index contributed by atoms with van der Waals surface area (Å²) in [6.07, 6.45) is -0.388. The first-order chi connectivity index (χ1) is 28.2. The molecule has 57 heavy (non-hydrogen) atoms. The number of fused-ring (bicyclic) bond motifs is 9. The topological polar surface area (TPSA) is 68.0 Å². The van der Waals surface area contributed by atoms with Crippen LogP contribution < -0.4 is 5.32 Å². The molecule has 6 heteroatoms.